The number of carbonyl (C=O) groups excluding carboxylic acids is 2. The minimum absolute atomic E-state index is 0.149. The number of ether oxygens (including phenoxy) is 1. The largest absolute Gasteiger partial charge is 0.493 e. The molecule has 1 aliphatic carbocycles. The SMILES string of the molecule is COc1c(C(=O)N[C@H]2CC[C@H](C(=O)O)CC2)n(C)c2c1c(=O)n(CC(=O)c1ccccc1)c1ccccc21. The van der Waals surface area contributed by atoms with Crippen molar-refractivity contribution in [2.24, 2.45) is 13.0 Å². The molecule has 9 heteroatoms. The zero-order valence-corrected chi connectivity index (χ0v) is 21.3. The fourth-order valence-corrected chi connectivity index (χ4v) is 5.53. The number of rotatable bonds is 7. The molecule has 38 heavy (non-hydrogen) atoms. The average molecular weight is 516 g/mol. The van der Waals surface area contributed by atoms with Gasteiger partial charge in [0.15, 0.2) is 17.2 Å². The Kier molecular flexibility index (Phi) is 6.75. The van der Waals surface area contributed by atoms with Gasteiger partial charge in [-0.3, -0.25) is 23.7 Å². The Morgan fingerprint density at radius 3 is 2.32 bits per heavy atom. The molecule has 0 saturated heterocycles. The molecule has 0 unspecified atom stereocenters. The number of hydrogen-bond acceptors (Lipinski definition) is 5. The van der Waals surface area contributed by atoms with Crippen molar-refractivity contribution in [1.82, 2.24) is 14.5 Å². The number of aryl methyl sites for hydroxylation is 1. The number of aromatic nitrogens is 2. The predicted octanol–water partition coefficient (Wildman–Crippen LogP) is 3.76. The van der Waals surface area contributed by atoms with Crippen LogP contribution in [0.2, 0.25) is 0 Å². The molecule has 2 aromatic heterocycles. The van der Waals surface area contributed by atoms with Crippen molar-refractivity contribution in [3.8, 4) is 5.75 Å². The molecule has 5 rings (SSSR count). The molecule has 2 aromatic carbocycles. The average Bonchev–Trinajstić information content (AvgIpc) is 3.24. The van der Waals surface area contributed by atoms with E-state index in [0.29, 0.717) is 47.7 Å². The van der Waals surface area contributed by atoms with Crippen LogP contribution >= 0.6 is 0 Å². The minimum Gasteiger partial charge on any atom is -0.493 e. The monoisotopic (exact) mass is 515 g/mol. The first kappa shape index (κ1) is 25.3. The zero-order valence-electron chi connectivity index (χ0n) is 21.3. The number of nitrogens with one attached hydrogen (secondary N) is 1. The van der Waals surface area contributed by atoms with Crippen LogP contribution in [0, 0.1) is 5.92 Å². The summed E-state index contributed by atoms with van der Waals surface area (Å²) in [6, 6.07) is 15.9. The maximum atomic E-state index is 13.9. The highest BCUT2D eigenvalue weighted by molar-refractivity contribution is 6.12. The van der Waals surface area contributed by atoms with Crippen LogP contribution in [0.1, 0.15) is 46.5 Å². The van der Waals surface area contributed by atoms with E-state index in [9.17, 15) is 24.3 Å². The number of carboxylic acids is 1. The van der Waals surface area contributed by atoms with Crippen molar-refractivity contribution >= 4 is 39.5 Å². The number of benzene rings is 2. The van der Waals surface area contributed by atoms with Crippen LogP contribution in [0.15, 0.2) is 59.4 Å². The number of carboxylic acid groups (broad SMARTS) is 1. The Labute approximate surface area is 218 Å². The fourth-order valence-electron chi connectivity index (χ4n) is 5.53. The van der Waals surface area contributed by atoms with E-state index in [1.807, 2.05) is 18.2 Å². The van der Waals surface area contributed by atoms with Gasteiger partial charge >= 0.3 is 5.97 Å². The molecule has 196 valence electrons. The normalized spacial score (nSPS) is 17.4. The lowest BCUT2D eigenvalue weighted by atomic mass is 9.86. The van der Waals surface area contributed by atoms with Crippen LogP contribution in [0.5, 0.6) is 5.75 Å². The summed E-state index contributed by atoms with van der Waals surface area (Å²) in [6.45, 7) is -0.161. The molecule has 2 heterocycles. The van der Waals surface area contributed by atoms with E-state index in [2.05, 4.69) is 5.32 Å². The van der Waals surface area contributed by atoms with Gasteiger partial charge in [-0.25, -0.2) is 0 Å². The lowest BCUT2D eigenvalue weighted by molar-refractivity contribution is -0.142. The number of methoxy groups -OCH3 is 1. The van der Waals surface area contributed by atoms with Gasteiger partial charge in [-0.15, -0.1) is 0 Å². The maximum absolute atomic E-state index is 13.9. The number of ketones is 1. The highest BCUT2D eigenvalue weighted by atomic mass is 16.5. The van der Waals surface area contributed by atoms with Gasteiger partial charge in [0.2, 0.25) is 0 Å². The van der Waals surface area contributed by atoms with Gasteiger partial charge in [0.25, 0.3) is 11.5 Å². The van der Waals surface area contributed by atoms with Crippen LogP contribution in [0.25, 0.3) is 21.8 Å². The zero-order chi connectivity index (χ0) is 27.0. The van der Waals surface area contributed by atoms with Crippen molar-refractivity contribution in [2.75, 3.05) is 7.11 Å². The number of para-hydroxylation sites is 1. The number of fused-ring (bicyclic) bond motifs is 3. The van der Waals surface area contributed by atoms with E-state index in [1.54, 1.807) is 48.0 Å². The van der Waals surface area contributed by atoms with Gasteiger partial charge < -0.3 is 19.7 Å². The second-order valence-electron chi connectivity index (χ2n) is 9.72. The molecular formula is C29H29N3O6. The quantitative estimate of drug-likeness (QED) is 0.362. The molecule has 0 atom stereocenters. The summed E-state index contributed by atoms with van der Waals surface area (Å²) in [5.74, 6) is -1.65. The lowest BCUT2D eigenvalue weighted by Crippen LogP contribution is -2.39. The molecule has 0 bridgehead atoms. The summed E-state index contributed by atoms with van der Waals surface area (Å²) >= 11 is 0. The van der Waals surface area contributed by atoms with Crippen molar-refractivity contribution in [1.29, 1.82) is 0 Å². The third kappa shape index (κ3) is 4.34. The van der Waals surface area contributed by atoms with E-state index < -0.39 is 23.4 Å². The molecule has 1 amide bonds. The predicted molar refractivity (Wildman–Crippen MR) is 143 cm³/mol. The molecule has 4 aromatic rings. The molecule has 9 nitrogen and oxygen atoms in total. The second kappa shape index (κ2) is 10.2. The topological polar surface area (TPSA) is 120 Å². The summed E-state index contributed by atoms with van der Waals surface area (Å²) in [6.07, 6.45) is 2.12. The third-order valence-corrected chi connectivity index (χ3v) is 7.49. The summed E-state index contributed by atoms with van der Waals surface area (Å²) in [5.41, 5.74) is 1.41. The van der Waals surface area contributed by atoms with Gasteiger partial charge in [-0.05, 0) is 31.7 Å². The first-order chi connectivity index (χ1) is 18.3. The number of nitrogens with zero attached hydrogens (tertiary/aromatic N) is 2. The Morgan fingerprint density at radius 2 is 1.66 bits per heavy atom. The van der Waals surface area contributed by atoms with Crippen molar-refractivity contribution in [3.63, 3.8) is 0 Å². The number of aliphatic carboxylic acids is 1. The van der Waals surface area contributed by atoms with Crippen molar-refractivity contribution in [2.45, 2.75) is 38.3 Å². The van der Waals surface area contributed by atoms with E-state index in [1.165, 1.54) is 11.7 Å². The number of carbonyl (C=O) groups is 3. The number of hydrogen-bond donors (Lipinski definition) is 2. The third-order valence-electron chi connectivity index (χ3n) is 7.49. The summed E-state index contributed by atoms with van der Waals surface area (Å²) in [4.78, 5) is 51.8. The van der Waals surface area contributed by atoms with E-state index in [0.717, 1.165) is 0 Å². The smallest absolute Gasteiger partial charge is 0.306 e. The molecule has 0 spiro atoms. The van der Waals surface area contributed by atoms with Gasteiger partial charge in [-0.2, -0.15) is 0 Å². The summed E-state index contributed by atoms with van der Waals surface area (Å²) in [7, 11) is 3.13. The van der Waals surface area contributed by atoms with Gasteiger partial charge in [0.05, 0.1) is 30.6 Å². The molecular weight excluding hydrogens is 486 g/mol. The Morgan fingerprint density at radius 1 is 1.00 bits per heavy atom. The first-order valence-electron chi connectivity index (χ1n) is 12.6. The van der Waals surface area contributed by atoms with Crippen LogP contribution in [-0.4, -0.2) is 45.1 Å². The van der Waals surface area contributed by atoms with Crippen LogP contribution in [-0.2, 0) is 18.4 Å². The maximum Gasteiger partial charge on any atom is 0.306 e. The van der Waals surface area contributed by atoms with E-state index in [-0.39, 0.29) is 35.2 Å². The molecule has 1 fully saturated rings. The lowest BCUT2D eigenvalue weighted by Gasteiger charge is -2.27. The number of amides is 1. The van der Waals surface area contributed by atoms with E-state index >= 15 is 0 Å². The highest BCUT2D eigenvalue weighted by Gasteiger charge is 2.31. The van der Waals surface area contributed by atoms with Gasteiger partial charge in [-0.1, -0.05) is 48.5 Å². The summed E-state index contributed by atoms with van der Waals surface area (Å²) < 4.78 is 8.76. The number of Topliss-reactive ketones (excluding diaryl/α,β-unsaturated/α-hetero) is 1. The first-order valence-corrected chi connectivity index (χ1v) is 12.6. The Hall–Kier alpha value is -4.40. The highest BCUT2D eigenvalue weighted by Crippen LogP contribution is 2.35. The van der Waals surface area contributed by atoms with Gasteiger partial charge in [0, 0.05) is 24.0 Å². The second-order valence-corrected chi connectivity index (χ2v) is 9.72. The minimum atomic E-state index is -0.806. The standard InChI is InChI=1S/C29H29N3O6/c1-31-24-20-10-6-7-11-21(20)32(16-22(33)17-8-4-3-5-9-17)28(35)23(24)26(38-2)25(31)27(34)30-19-14-12-18(13-15-19)29(36)37/h3-11,18-19H,12-16H2,1-2H3,(H,30,34)(H,36,37)/t18-,19-. The van der Waals surface area contributed by atoms with Crippen LogP contribution in [0.4, 0.5) is 0 Å². The molecule has 0 aliphatic heterocycles. The Bertz CT molecular complexity index is 1610. The Balaban J connectivity index is 1.59. The van der Waals surface area contributed by atoms with Crippen molar-refractivity contribution in [3.05, 3.63) is 76.2 Å². The molecule has 1 saturated carbocycles. The van der Waals surface area contributed by atoms with Crippen molar-refractivity contribution < 1.29 is 24.2 Å². The van der Waals surface area contributed by atoms with Crippen LogP contribution < -0.4 is 15.6 Å². The van der Waals surface area contributed by atoms with E-state index in [4.69, 9.17) is 4.74 Å². The summed E-state index contributed by atoms with van der Waals surface area (Å²) in [5, 5.41) is 13.2. The fraction of sp³-hybridized carbons (Fsp3) is 0.310. The number of pyridine rings is 1. The molecule has 2 N–H and O–H groups in total. The van der Waals surface area contributed by atoms with Gasteiger partial charge in [0.1, 0.15) is 5.39 Å². The molecule has 1 aliphatic rings. The van der Waals surface area contributed by atoms with Crippen LogP contribution in [0.3, 0.4) is 0 Å². The molecule has 0 radical (unpaired) electrons.